The number of nitrogens with zero attached hydrogens (tertiary/aromatic N) is 1. The SMILES string of the molecule is COC(C)(C)C(C)(C)ONNNC=NCCNNNNN. The van der Waals surface area contributed by atoms with Gasteiger partial charge in [0.05, 0.1) is 18.5 Å². The average molecular weight is 307 g/mol. The van der Waals surface area contributed by atoms with E-state index in [9.17, 15) is 0 Å². The lowest BCUT2D eigenvalue weighted by atomic mass is 9.89. The molecule has 0 aromatic heterocycles. The van der Waals surface area contributed by atoms with Gasteiger partial charge in [0.25, 0.3) is 0 Å². The Morgan fingerprint density at radius 2 is 1.81 bits per heavy atom. The van der Waals surface area contributed by atoms with E-state index in [1.165, 1.54) is 6.34 Å². The molecule has 9 N–H and O–H groups in total. The Labute approximate surface area is 125 Å². The van der Waals surface area contributed by atoms with Crippen molar-refractivity contribution < 1.29 is 9.57 Å². The van der Waals surface area contributed by atoms with Gasteiger partial charge in [-0.05, 0) is 27.7 Å². The molecular formula is C10H29N9O2. The quantitative estimate of drug-likeness (QED) is 0.0617. The molecule has 0 rings (SSSR count). The second-order valence-electron chi connectivity index (χ2n) is 5.05. The van der Waals surface area contributed by atoms with E-state index in [0.29, 0.717) is 13.1 Å². The number of hydrogen-bond acceptors (Lipinski definition) is 10. The predicted molar refractivity (Wildman–Crippen MR) is 80.6 cm³/mol. The van der Waals surface area contributed by atoms with Gasteiger partial charge in [-0.1, -0.05) is 0 Å². The van der Waals surface area contributed by atoms with E-state index in [1.807, 2.05) is 27.7 Å². The monoisotopic (exact) mass is 307 g/mol. The minimum absolute atomic E-state index is 0.444. The topological polar surface area (TPSA) is 141 Å². The first-order valence-electron chi connectivity index (χ1n) is 6.53. The molecule has 0 atom stereocenters. The van der Waals surface area contributed by atoms with Gasteiger partial charge < -0.3 is 4.74 Å². The van der Waals surface area contributed by atoms with Crippen LogP contribution in [-0.2, 0) is 9.57 Å². The Balaban J connectivity index is 3.59. The summed E-state index contributed by atoms with van der Waals surface area (Å²) in [6.07, 6.45) is 1.50. The summed E-state index contributed by atoms with van der Waals surface area (Å²) < 4.78 is 5.38. The zero-order valence-electron chi connectivity index (χ0n) is 13.3. The van der Waals surface area contributed by atoms with Crippen LogP contribution in [0.15, 0.2) is 4.99 Å². The summed E-state index contributed by atoms with van der Waals surface area (Å²) in [5, 5.41) is 0. The second-order valence-corrected chi connectivity index (χ2v) is 5.05. The van der Waals surface area contributed by atoms with Crippen LogP contribution in [0.4, 0.5) is 0 Å². The smallest absolute Gasteiger partial charge is 0.114 e. The molecule has 0 aromatic carbocycles. The Bertz CT molecular complexity index is 286. The van der Waals surface area contributed by atoms with E-state index in [2.05, 4.69) is 43.6 Å². The normalized spacial score (nSPS) is 13.0. The van der Waals surface area contributed by atoms with Crippen LogP contribution >= 0.6 is 0 Å². The number of nitrogens with one attached hydrogen (secondary N) is 7. The number of aliphatic imine (C=N–C) groups is 1. The van der Waals surface area contributed by atoms with Crippen molar-refractivity contribution in [3.63, 3.8) is 0 Å². The van der Waals surface area contributed by atoms with Crippen LogP contribution in [-0.4, -0.2) is 37.7 Å². The molecule has 0 heterocycles. The first kappa shape index (κ1) is 20.1. The summed E-state index contributed by atoms with van der Waals surface area (Å²) in [7, 11) is 1.64. The molecule has 126 valence electrons. The third-order valence-corrected chi connectivity index (χ3v) is 3.13. The van der Waals surface area contributed by atoms with Gasteiger partial charge in [-0.25, -0.2) is 5.43 Å². The van der Waals surface area contributed by atoms with Crippen molar-refractivity contribution in [3.8, 4) is 0 Å². The molecule has 0 fully saturated rings. The Morgan fingerprint density at radius 3 is 2.43 bits per heavy atom. The van der Waals surface area contributed by atoms with Gasteiger partial charge in [-0.2, -0.15) is 16.6 Å². The maximum atomic E-state index is 5.50. The minimum Gasteiger partial charge on any atom is -0.376 e. The second kappa shape index (κ2) is 10.8. The molecule has 0 spiro atoms. The van der Waals surface area contributed by atoms with E-state index >= 15 is 0 Å². The van der Waals surface area contributed by atoms with Crippen LogP contribution in [0.2, 0.25) is 0 Å². The van der Waals surface area contributed by atoms with Crippen molar-refractivity contribution >= 4 is 6.34 Å². The highest BCUT2D eigenvalue weighted by atomic mass is 16.7. The zero-order valence-corrected chi connectivity index (χ0v) is 13.3. The highest BCUT2D eigenvalue weighted by Gasteiger charge is 2.38. The lowest BCUT2D eigenvalue weighted by molar-refractivity contribution is -0.205. The van der Waals surface area contributed by atoms with Gasteiger partial charge in [0, 0.05) is 13.7 Å². The lowest BCUT2D eigenvalue weighted by Gasteiger charge is -2.39. The van der Waals surface area contributed by atoms with Gasteiger partial charge in [0.1, 0.15) is 5.60 Å². The van der Waals surface area contributed by atoms with Crippen molar-refractivity contribution in [1.82, 2.24) is 38.6 Å². The van der Waals surface area contributed by atoms with Crippen LogP contribution < -0.4 is 44.4 Å². The first-order chi connectivity index (χ1) is 9.87. The number of rotatable bonds is 13. The third-order valence-electron chi connectivity index (χ3n) is 3.13. The van der Waals surface area contributed by atoms with Crippen molar-refractivity contribution in [3.05, 3.63) is 0 Å². The van der Waals surface area contributed by atoms with Crippen LogP contribution in [0, 0.1) is 0 Å². The average Bonchev–Trinajstić information content (AvgIpc) is 2.44. The van der Waals surface area contributed by atoms with Crippen molar-refractivity contribution in [1.29, 1.82) is 0 Å². The summed E-state index contributed by atoms with van der Waals surface area (Å²) in [5.41, 5.74) is 17.0. The molecule has 0 aliphatic heterocycles. The molecule has 0 saturated carbocycles. The molecule has 0 aromatic rings. The molecule has 0 radical (unpaired) electrons. The molecule has 0 bridgehead atoms. The first-order valence-corrected chi connectivity index (χ1v) is 6.53. The van der Waals surface area contributed by atoms with Crippen molar-refractivity contribution in [2.45, 2.75) is 38.9 Å². The Morgan fingerprint density at radius 1 is 1.10 bits per heavy atom. The number of methoxy groups -OCH3 is 1. The predicted octanol–water partition coefficient (Wildman–Crippen LogP) is -2.27. The standard InChI is InChI=1S/C10H29N9O2/c1-9(2,20-5)10(3,4)21-19-17-14-8-12-6-7-13-16-18-15-11/h8,13,15-19H,6-7,11H2,1-5H3,(H,12,14). The van der Waals surface area contributed by atoms with Crippen LogP contribution in [0.25, 0.3) is 0 Å². The molecule has 0 aliphatic rings. The number of nitrogens with two attached hydrogens (primary N) is 1. The fourth-order valence-corrected chi connectivity index (χ4v) is 0.957. The number of hydrogen-bond donors (Lipinski definition) is 8. The summed E-state index contributed by atoms with van der Waals surface area (Å²) >= 11 is 0. The van der Waals surface area contributed by atoms with Crippen molar-refractivity contribution in [2.75, 3.05) is 20.2 Å². The molecule has 11 heteroatoms. The molecule has 0 amide bonds. The summed E-state index contributed by atoms with van der Waals surface area (Å²) in [5.74, 6) is 4.97. The molecule has 0 aliphatic carbocycles. The van der Waals surface area contributed by atoms with Gasteiger partial charge >= 0.3 is 0 Å². The highest BCUT2D eigenvalue weighted by Crippen LogP contribution is 2.26. The zero-order chi connectivity index (χ0) is 16.2. The molecule has 0 unspecified atom stereocenters. The van der Waals surface area contributed by atoms with Crippen LogP contribution in [0.5, 0.6) is 0 Å². The lowest BCUT2D eigenvalue weighted by Crippen LogP contribution is -2.55. The van der Waals surface area contributed by atoms with E-state index in [0.717, 1.165) is 0 Å². The Kier molecular flexibility index (Phi) is 10.3. The number of ether oxygens (including phenoxy) is 1. The summed E-state index contributed by atoms with van der Waals surface area (Å²) in [6.45, 7) is 8.91. The maximum Gasteiger partial charge on any atom is 0.114 e. The van der Waals surface area contributed by atoms with E-state index in [4.69, 9.17) is 15.4 Å². The maximum absolute atomic E-state index is 5.50. The molecule has 21 heavy (non-hydrogen) atoms. The minimum atomic E-state index is -0.535. The summed E-state index contributed by atoms with van der Waals surface area (Å²) in [6, 6.07) is 0. The van der Waals surface area contributed by atoms with E-state index in [1.54, 1.807) is 7.11 Å². The van der Waals surface area contributed by atoms with Crippen LogP contribution in [0.1, 0.15) is 27.7 Å². The van der Waals surface area contributed by atoms with Gasteiger partial charge in [-0.15, -0.1) is 11.1 Å². The van der Waals surface area contributed by atoms with Crippen LogP contribution in [0.3, 0.4) is 0 Å². The van der Waals surface area contributed by atoms with Gasteiger partial charge in [-0.3, -0.25) is 21.1 Å². The molecule has 11 nitrogen and oxygen atoms in total. The molecular weight excluding hydrogens is 278 g/mol. The number of hydrazine groups is 6. The largest absolute Gasteiger partial charge is 0.376 e. The Hall–Kier alpha value is -0.890. The fourth-order valence-electron chi connectivity index (χ4n) is 0.957. The molecule has 0 saturated heterocycles. The van der Waals surface area contributed by atoms with E-state index < -0.39 is 11.2 Å². The van der Waals surface area contributed by atoms with Crippen molar-refractivity contribution in [2.24, 2.45) is 10.8 Å². The fraction of sp³-hybridized carbons (Fsp3) is 0.900. The van der Waals surface area contributed by atoms with Gasteiger partial charge in [0.2, 0.25) is 0 Å². The highest BCUT2D eigenvalue weighted by molar-refractivity contribution is 5.53. The summed E-state index contributed by atoms with van der Waals surface area (Å²) in [4.78, 5) is 9.56. The third kappa shape index (κ3) is 8.87. The van der Waals surface area contributed by atoms with Gasteiger partial charge in [0.15, 0.2) is 0 Å². The van der Waals surface area contributed by atoms with E-state index in [-0.39, 0.29) is 0 Å².